The zero-order valence-corrected chi connectivity index (χ0v) is 13.6. The zero-order chi connectivity index (χ0) is 17.0. The molecular weight excluding hydrogens is 305 g/mol. The number of piperidine rings is 1. The summed E-state index contributed by atoms with van der Waals surface area (Å²) in [5.74, 6) is -0.126. The van der Waals surface area contributed by atoms with Gasteiger partial charge in [-0.3, -0.25) is 4.79 Å². The fraction of sp³-hybridized carbons (Fsp3) is 0.588. The van der Waals surface area contributed by atoms with Gasteiger partial charge in [-0.05, 0) is 31.0 Å². The molecule has 1 fully saturated rings. The van der Waals surface area contributed by atoms with E-state index >= 15 is 0 Å². The smallest absolute Gasteiger partial charge is 0.342 e. The first kappa shape index (κ1) is 17.8. The average molecular weight is 328 g/mol. The summed E-state index contributed by atoms with van der Waals surface area (Å²) in [7, 11) is 1.75. The molecule has 0 saturated carbocycles. The van der Waals surface area contributed by atoms with Crippen molar-refractivity contribution < 1.29 is 18.0 Å². The highest BCUT2D eigenvalue weighted by molar-refractivity contribution is 5.78. The molecule has 128 valence electrons. The molecule has 0 aliphatic carbocycles. The molecule has 0 bridgehead atoms. The summed E-state index contributed by atoms with van der Waals surface area (Å²) in [5, 5.41) is 0. The van der Waals surface area contributed by atoms with Gasteiger partial charge in [0.2, 0.25) is 5.91 Å². The Morgan fingerprint density at radius 1 is 1.30 bits per heavy atom. The molecule has 0 aromatic heterocycles. The Labute approximate surface area is 135 Å². The SMILES string of the molecule is CCN1CCC(N(C)C(=O)Cc2cccc(C(F)(F)F)c2)CC1. The topological polar surface area (TPSA) is 23.6 Å². The van der Waals surface area contributed by atoms with Crippen molar-refractivity contribution in [2.75, 3.05) is 26.7 Å². The van der Waals surface area contributed by atoms with Gasteiger partial charge in [0.1, 0.15) is 0 Å². The van der Waals surface area contributed by atoms with Crippen LogP contribution < -0.4 is 0 Å². The van der Waals surface area contributed by atoms with Gasteiger partial charge in [-0.2, -0.15) is 13.2 Å². The van der Waals surface area contributed by atoms with Gasteiger partial charge in [0.15, 0.2) is 0 Å². The second kappa shape index (κ2) is 7.34. The van der Waals surface area contributed by atoms with Crippen LogP contribution in [0.5, 0.6) is 0 Å². The first-order valence-corrected chi connectivity index (χ1v) is 7.95. The third kappa shape index (κ3) is 4.70. The molecule has 0 atom stereocenters. The average Bonchev–Trinajstić information content (AvgIpc) is 2.53. The van der Waals surface area contributed by atoms with Crippen LogP contribution in [0.15, 0.2) is 24.3 Å². The highest BCUT2D eigenvalue weighted by Gasteiger charge is 2.31. The van der Waals surface area contributed by atoms with Gasteiger partial charge in [0.05, 0.1) is 12.0 Å². The van der Waals surface area contributed by atoms with Crippen molar-refractivity contribution in [3.8, 4) is 0 Å². The van der Waals surface area contributed by atoms with Crippen LogP contribution in [0.4, 0.5) is 13.2 Å². The van der Waals surface area contributed by atoms with E-state index < -0.39 is 11.7 Å². The van der Waals surface area contributed by atoms with Crippen LogP contribution in [-0.2, 0) is 17.4 Å². The maximum absolute atomic E-state index is 12.7. The van der Waals surface area contributed by atoms with E-state index in [9.17, 15) is 18.0 Å². The number of benzene rings is 1. The fourth-order valence-corrected chi connectivity index (χ4v) is 2.98. The molecule has 1 aromatic carbocycles. The third-order valence-corrected chi connectivity index (χ3v) is 4.56. The zero-order valence-electron chi connectivity index (χ0n) is 13.6. The number of likely N-dealkylation sites (tertiary alicyclic amines) is 1. The summed E-state index contributed by atoms with van der Waals surface area (Å²) in [4.78, 5) is 16.4. The lowest BCUT2D eigenvalue weighted by molar-refractivity contribution is -0.138. The number of rotatable bonds is 4. The van der Waals surface area contributed by atoms with Gasteiger partial charge in [0, 0.05) is 26.2 Å². The molecule has 23 heavy (non-hydrogen) atoms. The van der Waals surface area contributed by atoms with E-state index in [0.29, 0.717) is 5.56 Å². The molecule has 2 rings (SSSR count). The van der Waals surface area contributed by atoms with Crippen molar-refractivity contribution >= 4 is 5.91 Å². The number of hydrogen-bond acceptors (Lipinski definition) is 2. The van der Waals surface area contributed by atoms with Crippen LogP contribution in [0.25, 0.3) is 0 Å². The number of alkyl halides is 3. The van der Waals surface area contributed by atoms with Crippen LogP contribution in [0.2, 0.25) is 0 Å². The molecule has 1 saturated heterocycles. The van der Waals surface area contributed by atoms with Gasteiger partial charge < -0.3 is 9.80 Å². The summed E-state index contributed by atoms with van der Waals surface area (Å²) in [6.45, 7) is 5.04. The first-order chi connectivity index (χ1) is 10.8. The molecule has 1 aromatic rings. The first-order valence-electron chi connectivity index (χ1n) is 7.95. The summed E-state index contributed by atoms with van der Waals surface area (Å²) in [6, 6.07) is 5.19. The maximum Gasteiger partial charge on any atom is 0.416 e. The largest absolute Gasteiger partial charge is 0.416 e. The van der Waals surface area contributed by atoms with Gasteiger partial charge in [0.25, 0.3) is 0 Å². The second-order valence-corrected chi connectivity index (χ2v) is 6.04. The highest BCUT2D eigenvalue weighted by Crippen LogP contribution is 2.29. The summed E-state index contributed by atoms with van der Waals surface area (Å²) >= 11 is 0. The molecule has 1 heterocycles. The number of likely N-dealkylation sites (N-methyl/N-ethyl adjacent to an activating group) is 1. The predicted octanol–water partition coefficient (Wildman–Crippen LogP) is 3.19. The lowest BCUT2D eigenvalue weighted by atomic mass is 10.0. The number of nitrogens with zero attached hydrogens (tertiary/aromatic N) is 2. The molecule has 0 N–H and O–H groups in total. The minimum Gasteiger partial charge on any atom is -0.342 e. The van der Waals surface area contributed by atoms with Gasteiger partial charge in [-0.1, -0.05) is 25.1 Å². The van der Waals surface area contributed by atoms with E-state index in [-0.39, 0.29) is 18.4 Å². The summed E-state index contributed by atoms with van der Waals surface area (Å²) in [5.41, 5.74) is -0.302. The monoisotopic (exact) mass is 328 g/mol. The van der Waals surface area contributed by atoms with Crippen molar-refractivity contribution in [1.82, 2.24) is 9.80 Å². The molecule has 1 aliphatic rings. The fourth-order valence-electron chi connectivity index (χ4n) is 2.98. The van der Waals surface area contributed by atoms with Crippen molar-refractivity contribution in [1.29, 1.82) is 0 Å². The van der Waals surface area contributed by atoms with E-state index in [4.69, 9.17) is 0 Å². The molecule has 0 radical (unpaired) electrons. The molecule has 1 amide bonds. The van der Waals surface area contributed by atoms with Gasteiger partial charge in [-0.15, -0.1) is 0 Å². The molecular formula is C17H23F3N2O. The van der Waals surface area contributed by atoms with Crippen LogP contribution in [0.1, 0.15) is 30.9 Å². The van der Waals surface area contributed by atoms with E-state index in [1.165, 1.54) is 6.07 Å². The Balaban J connectivity index is 1.96. The van der Waals surface area contributed by atoms with Crippen molar-refractivity contribution in [2.45, 2.75) is 38.4 Å². The van der Waals surface area contributed by atoms with Crippen molar-refractivity contribution in [3.63, 3.8) is 0 Å². The number of carbonyl (C=O) groups excluding carboxylic acids is 1. The Hall–Kier alpha value is -1.56. The standard InChI is InChI=1S/C17H23F3N2O/c1-3-22-9-7-15(8-10-22)21(2)16(23)12-13-5-4-6-14(11-13)17(18,19)20/h4-6,11,15H,3,7-10,12H2,1-2H3. The number of halogens is 3. The number of amides is 1. The minimum absolute atomic E-state index is 0.00835. The van der Waals surface area contributed by atoms with Crippen LogP contribution in [-0.4, -0.2) is 48.4 Å². The number of carbonyl (C=O) groups is 1. The predicted molar refractivity (Wildman–Crippen MR) is 83.1 cm³/mol. The summed E-state index contributed by atoms with van der Waals surface area (Å²) < 4.78 is 38.2. The quantitative estimate of drug-likeness (QED) is 0.847. The molecule has 6 heteroatoms. The van der Waals surface area contributed by atoms with Gasteiger partial charge >= 0.3 is 6.18 Å². The van der Waals surface area contributed by atoms with Crippen LogP contribution in [0, 0.1) is 0 Å². The lowest BCUT2D eigenvalue weighted by Gasteiger charge is -2.36. The van der Waals surface area contributed by atoms with Crippen molar-refractivity contribution in [3.05, 3.63) is 35.4 Å². The maximum atomic E-state index is 12.7. The van der Waals surface area contributed by atoms with E-state index in [2.05, 4.69) is 11.8 Å². The Morgan fingerprint density at radius 2 is 1.96 bits per heavy atom. The van der Waals surface area contributed by atoms with Gasteiger partial charge in [-0.25, -0.2) is 0 Å². The Kier molecular flexibility index (Phi) is 5.68. The minimum atomic E-state index is -4.38. The second-order valence-electron chi connectivity index (χ2n) is 6.04. The molecule has 1 aliphatic heterocycles. The van der Waals surface area contributed by atoms with E-state index in [1.54, 1.807) is 18.0 Å². The number of hydrogen-bond donors (Lipinski definition) is 0. The lowest BCUT2D eigenvalue weighted by Crippen LogP contribution is -2.45. The normalized spacial score (nSPS) is 17.3. The van der Waals surface area contributed by atoms with E-state index in [1.807, 2.05) is 0 Å². The highest BCUT2D eigenvalue weighted by atomic mass is 19.4. The molecule has 3 nitrogen and oxygen atoms in total. The third-order valence-electron chi connectivity index (χ3n) is 4.56. The van der Waals surface area contributed by atoms with Crippen LogP contribution in [0.3, 0.4) is 0 Å². The Bertz CT molecular complexity index is 537. The van der Waals surface area contributed by atoms with Crippen LogP contribution >= 0.6 is 0 Å². The van der Waals surface area contributed by atoms with E-state index in [0.717, 1.165) is 44.6 Å². The summed E-state index contributed by atoms with van der Waals surface area (Å²) in [6.07, 6.45) is -2.54. The molecule has 0 spiro atoms. The Morgan fingerprint density at radius 3 is 2.52 bits per heavy atom. The molecule has 0 unspecified atom stereocenters. The van der Waals surface area contributed by atoms with Crippen molar-refractivity contribution in [2.24, 2.45) is 0 Å².